The molecule has 0 aliphatic carbocycles. The summed E-state index contributed by atoms with van der Waals surface area (Å²) in [4.78, 5) is 14.8. The van der Waals surface area contributed by atoms with Gasteiger partial charge in [-0.15, -0.1) is 4.40 Å². The fourth-order valence-electron chi connectivity index (χ4n) is 3.63. The highest BCUT2D eigenvalue weighted by molar-refractivity contribution is 8.19. The van der Waals surface area contributed by atoms with E-state index >= 15 is 0 Å². The number of carbonyl (C=O) groups is 1. The number of benzene rings is 3. The summed E-state index contributed by atoms with van der Waals surface area (Å²) < 4.78 is 29.8. The van der Waals surface area contributed by atoms with Gasteiger partial charge in [-0.25, -0.2) is 0 Å². The molecule has 2 N–H and O–H groups in total. The molecule has 3 aromatic carbocycles. The molecule has 1 saturated heterocycles. The molecule has 33 heavy (non-hydrogen) atoms. The number of fused-ring (bicyclic) bond motifs is 1. The Hall–Kier alpha value is -3.30. The number of amidine groups is 1. The van der Waals surface area contributed by atoms with Crippen LogP contribution in [-0.2, 0) is 14.8 Å². The zero-order valence-corrected chi connectivity index (χ0v) is 19.8. The number of nitrogens with zero attached hydrogens (tertiary/aromatic N) is 2. The van der Waals surface area contributed by atoms with E-state index in [1.54, 1.807) is 30.3 Å². The second-order valence-electron chi connectivity index (χ2n) is 7.33. The van der Waals surface area contributed by atoms with Crippen LogP contribution in [0.15, 0.2) is 74.9 Å². The molecule has 1 aliphatic rings. The molecule has 0 bridgehead atoms. The molecule has 0 saturated carbocycles. The molecule has 170 valence electrons. The van der Waals surface area contributed by atoms with Gasteiger partial charge in [0.2, 0.25) is 0 Å². The molecule has 1 aliphatic heterocycles. The predicted octanol–water partition coefficient (Wildman–Crippen LogP) is 4.34. The van der Waals surface area contributed by atoms with Crippen LogP contribution in [0.25, 0.3) is 16.8 Å². The number of aromatic hydroxyl groups is 1. The number of hydrogen-bond donors (Lipinski definition) is 2. The molecule has 0 aromatic heterocycles. The fourth-order valence-corrected chi connectivity index (χ4v) is 5.83. The number of nitrogens with one attached hydrogen (secondary N) is 1. The lowest BCUT2D eigenvalue weighted by atomic mass is 10.1. The van der Waals surface area contributed by atoms with Gasteiger partial charge in [0.05, 0.1) is 9.80 Å². The summed E-state index contributed by atoms with van der Waals surface area (Å²) in [5.74, 6) is -0.437. The molecule has 7 nitrogen and oxygen atoms in total. The highest BCUT2D eigenvalue weighted by Crippen LogP contribution is 2.32. The van der Waals surface area contributed by atoms with Crippen molar-refractivity contribution in [3.63, 3.8) is 0 Å². The maximum absolute atomic E-state index is 13.0. The molecule has 1 fully saturated rings. The normalized spacial score (nSPS) is 16.5. The maximum atomic E-state index is 13.0. The highest BCUT2D eigenvalue weighted by atomic mass is 32.2. The summed E-state index contributed by atoms with van der Waals surface area (Å²) in [5.41, 5.74) is 1.34. The van der Waals surface area contributed by atoms with E-state index in [1.165, 1.54) is 12.1 Å². The maximum Gasteiger partial charge on any atom is 0.285 e. The summed E-state index contributed by atoms with van der Waals surface area (Å²) >= 11 is 0.919. The number of thioether (sulfide) groups is 1. The Kier molecular flexibility index (Phi) is 6.44. The molecule has 1 amide bonds. The van der Waals surface area contributed by atoms with Crippen molar-refractivity contribution in [1.82, 2.24) is 5.32 Å². The fraction of sp³-hybridized carbons (Fsp3) is 0.167. The van der Waals surface area contributed by atoms with Gasteiger partial charge < -0.3 is 10.0 Å². The van der Waals surface area contributed by atoms with E-state index in [0.717, 1.165) is 35.9 Å². The zero-order chi connectivity index (χ0) is 23.6. The van der Waals surface area contributed by atoms with E-state index in [0.29, 0.717) is 10.9 Å². The van der Waals surface area contributed by atoms with E-state index in [4.69, 9.17) is 0 Å². The van der Waals surface area contributed by atoms with Crippen LogP contribution in [-0.4, -0.2) is 37.7 Å². The van der Waals surface area contributed by atoms with Gasteiger partial charge in [0.15, 0.2) is 5.17 Å². The number of sulfonamides is 1. The van der Waals surface area contributed by atoms with E-state index in [9.17, 15) is 18.3 Å². The Morgan fingerprint density at radius 2 is 1.79 bits per heavy atom. The summed E-state index contributed by atoms with van der Waals surface area (Å²) in [5, 5.41) is 14.3. The van der Waals surface area contributed by atoms with E-state index < -0.39 is 15.9 Å². The second-order valence-corrected chi connectivity index (χ2v) is 9.93. The number of phenols is 1. The number of rotatable bonds is 6. The van der Waals surface area contributed by atoms with Gasteiger partial charge in [0.1, 0.15) is 5.75 Å². The molecule has 0 atom stereocenters. The van der Waals surface area contributed by atoms with Crippen molar-refractivity contribution in [2.24, 2.45) is 4.40 Å². The Labute approximate surface area is 196 Å². The third-order valence-electron chi connectivity index (χ3n) is 5.31. The molecular formula is C24H23N3O4S2. The number of amides is 1. The number of phenolic OH excluding ortho intramolecular Hbond substituents is 1. The average Bonchev–Trinajstić information content (AvgIpc) is 3.13. The minimum absolute atomic E-state index is 0.0292. The molecule has 0 radical (unpaired) electrons. The van der Waals surface area contributed by atoms with Gasteiger partial charge in [-0.3, -0.25) is 10.1 Å². The number of hydrogen-bond acceptors (Lipinski definition) is 6. The molecule has 0 spiro atoms. The summed E-state index contributed by atoms with van der Waals surface area (Å²) in [6.07, 6.45) is 1.52. The standard InChI is InChI=1S/C24H23N3O4S2/c1-3-27(4-2)18-13-12-17(20(28)15-18)14-21-23(29)25-24(32-21)26-33(30,31)22-11-7-9-16-8-5-6-10-19(16)22/h5-15,28H,3-4H2,1-2H3,(H,25,26,29)/b21-14-. The quantitative estimate of drug-likeness (QED) is 0.508. The zero-order valence-electron chi connectivity index (χ0n) is 18.1. The second kappa shape index (κ2) is 9.29. The summed E-state index contributed by atoms with van der Waals surface area (Å²) in [7, 11) is -4.05. The van der Waals surface area contributed by atoms with Crippen LogP contribution in [0.1, 0.15) is 19.4 Å². The molecule has 3 aromatic rings. The van der Waals surface area contributed by atoms with Crippen molar-refractivity contribution in [1.29, 1.82) is 0 Å². The Morgan fingerprint density at radius 1 is 1.06 bits per heavy atom. The van der Waals surface area contributed by atoms with Crippen LogP contribution in [0.5, 0.6) is 5.75 Å². The largest absolute Gasteiger partial charge is 0.507 e. The molecule has 4 rings (SSSR count). The van der Waals surface area contributed by atoms with Crippen molar-refractivity contribution in [2.75, 3.05) is 18.0 Å². The first-order valence-corrected chi connectivity index (χ1v) is 12.7. The monoisotopic (exact) mass is 481 g/mol. The topological polar surface area (TPSA) is 99.1 Å². The Bertz CT molecular complexity index is 1390. The van der Waals surface area contributed by atoms with Crippen LogP contribution in [0.4, 0.5) is 5.69 Å². The SMILES string of the molecule is CCN(CC)c1ccc(/C=C2\SC(=NS(=O)(=O)c3cccc4ccccc34)NC2=O)c(O)c1. The smallest absolute Gasteiger partial charge is 0.285 e. The minimum atomic E-state index is -4.05. The molecule has 9 heteroatoms. The average molecular weight is 482 g/mol. The lowest BCUT2D eigenvalue weighted by molar-refractivity contribution is -0.115. The summed E-state index contributed by atoms with van der Waals surface area (Å²) in [6.45, 7) is 5.67. The van der Waals surface area contributed by atoms with Crippen LogP contribution < -0.4 is 10.2 Å². The lowest BCUT2D eigenvalue weighted by Gasteiger charge is -2.21. The van der Waals surface area contributed by atoms with Gasteiger partial charge in [-0.2, -0.15) is 8.42 Å². The van der Waals surface area contributed by atoms with E-state index in [2.05, 4.69) is 14.6 Å². The third-order valence-corrected chi connectivity index (χ3v) is 7.67. The first-order chi connectivity index (χ1) is 15.8. The van der Waals surface area contributed by atoms with Gasteiger partial charge >= 0.3 is 0 Å². The first-order valence-electron chi connectivity index (χ1n) is 10.4. The molecule has 1 heterocycles. The van der Waals surface area contributed by atoms with Crippen LogP contribution >= 0.6 is 11.8 Å². The number of carbonyl (C=O) groups excluding carboxylic acids is 1. The van der Waals surface area contributed by atoms with Gasteiger partial charge in [0, 0.05) is 35.8 Å². The predicted molar refractivity (Wildman–Crippen MR) is 134 cm³/mol. The third kappa shape index (κ3) is 4.74. The van der Waals surface area contributed by atoms with Crippen molar-refractivity contribution in [3.8, 4) is 5.75 Å². The number of anilines is 1. The van der Waals surface area contributed by atoms with E-state index in [1.807, 2.05) is 38.1 Å². The van der Waals surface area contributed by atoms with Crippen molar-refractivity contribution in [3.05, 3.63) is 71.1 Å². The molecule has 0 unspecified atom stereocenters. The van der Waals surface area contributed by atoms with E-state index in [-0.39, 0.29) is 20.7 Å². The minimum Gasteiger partial charge on any atom is -0.507 e. The Morgan fingerprint density at radius 3 is 2.52 bits per heavy atom. The van der Waals surface area contributed by atoms with Gasteiger partial charge in [-0.05, 0) is 55.3 Å². The van der Waals surface area contributed by atoms with Gasteiger partial charge in [-0.1, -0.05) is 36.4 Å². The summed E-state index contributed by atoms with van der Waals surface area (Å²) in [6, 6.07) is 17.4. The van der Waals surface area contributed by atoms with Crippen LogP contribution in [0, 0.1) is 0 Å². The lowest BCUT2D eigenvalue weighted by Crippen LogP contribution is -2.21. The van der Waals surface area contributed by atoms with Crippen LogP contribution in [0.2, 0.25) is 0 Å². The van der Waals surface area contributed by atoms with Crippen LogP contribution in [0.3, 0.4) is 0 Å². The van der Waals surface area contributed by atoms with Crippen molar-refractivity contribution >= 4 is 55.4 Å². The first kappa shape index (κ1) is 22.9. The van der Waals surface area contributed by atoms with Crippen molar-refractivity contribution < 1.29 is 18.3 Å². The van der Waals surface area contributed by atoms with Crippen molar-refractivity contribution in [2.45, 2.75) is 18.7 Å². The Balaban J connectivity index is 1.62. The molecular weight excluding hydrogens is 458 g/mol. The highest BCUT2D eigenvalue weighted by Gasteiger charge is 2.27. The van der Waals surface area contributed by atoms with Gasteiger partial charge in [0.25, 0.3) is 15.9 Å².